The topological polar surface area (TPSA) is 37.8 Å². The van der Waals surface area contributed by atoms with Gasteiger partial charge in [-0.25, -0.2) is 18.7 Å². The molecule has 0 saturated carbocycles. The van der Waals surface area contributed by atoms with E-state index in [0.717, 1.165) is 0 Å². The Morgan fingerprint density at radius 3 is 2.53 bits per heavy atom. The van der Waals surface area contributed by atoms with Crippen LogP contribution in [0.25, 0.3) is 11.3 Å². The Bertz CT molecular complexity index is 590. The summed E-state index contributed by atoms with van der Waals surface area (Å²) < 4.78 is 27.6. The smallest absolute Gasteiger partial charge is 0.168 e. The van der Waals surface area contributed by atoms with Crippen LogP contribution in [-0.4, -0.2) is 17.0 Å². The van der Waals surface area contributed by atoms with Crippen LogP contribution < -0.4 is 5.32 Å². The number of nitrogens with one attached hydrogen (secondary N) is 1. The Morgan fingerprint density at radius 2 is 1.89 bits per heavy atom. The van der Waals surface area contributed by atoms with Crippen LogP contribution in [0.4, 0.5) is 14.6 Å². The molecule has 0 bridgehead atoms. The molecule has 0 radical (unpaired) electrons. The van der Waals surface area contributed by atoms with E-state index in [1.807, 2.05) is 6.92 Å². The fourth-order valence-electron chi connectivity index (χ4n) is 1.77. The van der Waals surface area contributed by atoms with Crippen LogP contribution in [0.2, 0.25) is 0 Å². The second-order valence-corrected chi connectivity index (χ2v) is 4.22. The van der Waals surface area contributed by atoms with E-state index in [1.54, 1.807) is 19.2 Å². The van der Waals surface area contributed by atoms with Gasteiger partial charge in [-0.05, 0) is 18.6 Å². The minimum Gasteiger partial charge on any atom is -0.373 e. The number of anilines is 1. The molecule has 2 aromatic rings. The maximum absolute atomic E-state index is 14.0. The van der Waals surface area contributed by atoms with E-state index >= 15 is 0 Å². The van der Waals surface area contributed by atoms with Gasteiger partial charge >= 0.3 is 0 Å². The van der Waals surface area contributed by atoms with E-state index in [-0.39, 0.29) is 11.1 Å². The number of aryl methyl sites for hydroxylation is 2. The number of nitrogens with zero attached hydrogens (tertiary/aromatic N) is 2. The zero-order valence-electron chi connectivity index (χ0n) is 11.1. The first-order valence-corrected chi connectivity index (χ1v) is 6.07. The van der Waals surface area contributed by atoms with Crippen molar-refractivity contribution in [1.29, 1.82) is 0 Å². The molecule has 2 rings (SSSR count). The Labute approximate surface area is 110 Å². The van der Waals surface area contributed by atoms with E-state index in [9.17, 15) is 8.78 Å². The number of hydrogen-bond donors (Lipinski definition) is 1. The maximum Gasteiger partial charge on any atom is 0.168 e. The molecule has 0 aliphatic carbocycles. The number of benzene rings is 1. The standard InChI is InChI=1S/C14H15F2N3/c1-4-11-18-10(7-12(17-3)19-11)9-6-5-8(2)13(15)14(9)16/h5-7H,4H2,1-3H3,(H,17,18,19). The molecule has 0 aliphatic heterocycles. The van der Waals surface area contributed by atoms with Gasteiger partial charge in [0.05, 0.1) is 5.69 Å². The van der Waals surface area contributed by atoms with Crippen molar-refractivity contribution in [3.05, 3.63) is 41.2 Å². The molecule has 0 aliphatic rings. The Hall–Kier alpha value is -2.04. The lowest BCUT2D eigenvalue weighted by Crippen LogP contribution is -2.02. The van der Waals surface area contributed by atoms with E-state index in [2.05, 4.69) is 15.3 Å². The monoisotopic (exact) mass is 263 g/mol. The third-order valence-electron chi connectivity index (χ3n) is 2.90. The van der Waals surface area contributed by atoms with Crippen molar-refractivity contribution in [2.45, 2.75) is 20.3 Å². The second-order valence-electron chi connectivity index (χ2n) is 4.22. The van der Waals surface area contributed by atoms with Gasteiger partial charge in [-0.2, -0.15) is 0 Å². The highest BCUT2D eigenvalue weighted by atomic mass is 19.2. The quantitative estimate of drug-likeness (QED) is 0.923. The summed E-state index contributed by atoms with van der Waals surface area (Å²) in [6.45, 7) is 3.43. The van der Waals surface area contributed by atoms with Gasteiger partial charge in [-0.1, -0.05) is 13.0 Å². The first-order chi connectivity index (χ1) is 9.06. The number of halogens is 2. The molecule has 1 N–H and O–H groups in total. The first-order valence-electron chi connectivity index (χ1n) is 6.07. The summed E-state index contributed by atoms with van der Waals surface area (Å²) in [5.74, 6) is -0.535. The van der Waals surface area contributed by atoms with E-state index < -0.39 is 11.6 Å². The van der Waals surface area contributed by atoms with Crippen LogP contribution >= 0.6 is 0 Å². The molecule has 0 spiro atoms. The van der Waals surface area contributed by atoms with Gasteiger partial charge in [0.15, 0.2) is 11.6 Å². The van der Waals surface area contributed by atoms with Crippen LogP contribution in [0.15, 0.2) is 18.2 Å². The largest absolute Gasteiger partial charge is 0.373 e. The zero-order valence-corrected chi connectivity index (χ0v) is 11.1. The number of hydrogen-bond acceptors (Lipinski definition) is 3. The lowest BCUT2D eigenvalue weighted by Gasteiger charge is -2.09. The zero-order chi connectivity index (χ0) is 14.0. The molecule has 0 atom stereocenters. The summed E-state index contributed by atoms with van der Waals surface area (Å²) in [4.78, 5) is 8.47. The fourth-order valence-corrected chi connectivity index (χ4v) is 1.77. The summed E-state index contributed by atoms with van der Waals surface area (Å²) in [6.07, 6.45) is 0.623. The molecule has 1 aromatic carbocycles. The Kier molecular flexibility index (Phi) is 3.74. The van der Waals surface area contributed by atoms with Gasteiger partial charge in [-0.3, -0.25) is 0 Å². The third-order valence-corrected chi connectivity index (χ3v) is 2.90. The number of rotatable bonds is 3. The Balaban J connectivity index is 2.61. The fraction of sp³-hybridized carbons (Fsp3) is 0.286. The predicted octanol–water partition coefficient (Wildman–Crippen LogP) is 3.33. The molecule has 19 heavy (non-hydrogen) atoms. The van der Waals surface area contributed by atoms with Crippen molar-refractivity contribution in [3.63, 3.8) is 0 Å². The van der Waals surface area contributed by atoms with Crippen LogP contribution in [0.5, 0.6) is 0 Å². The van der Waals surface area contributed by atoms with E-state index in [4.69, 9.17) is 0 Å². The minimum atomic E-state index is -0.872. The molecule has 0 saturated heterocycles. The van der Waals surface area contributed by atoms with Crippen molar-refractivity contribution < 1.29 is 8.78 Å². The van der Waals surface area contributed by atoms with Crippen molar-refractivity contribution in [2.24, 2.45) is 0 Å². The molecule has 100 valence electrons. The summed E-state index contributed by atoms with van der Waals surface area (Å²) in [5, 5.41) is 2.89. The summed E-state index contributed by atoms with van der Waals surface area (Å²) in [5.41, 5.74) is 0.809. The van der Waals surface area contributed by atoms with Gasteiger partial charge < -0.3 is 5.32 Å². The van der Waals surface area contributed by atoms with Crippen molar-refractivity contribution in [2.75, 3.05) is 12.4 Å². The van der Waals surface area contributed by atoms with Gasteiger partial charge in [0, 0.05) is 25.1 Å². The molecule has 5 heteroatoms. The first kappa shape index (κ1) is 13.4. The van der Waals surface area contributed by atoms with Crippen molar-refractivity contribution in [3.8, 4) is 11.3 Å². The average Bonchev–Trinajstić information content (AvgIpc) is 2.44. The highest BCUT2D eigenvalue weighted by Gasteiger charge is 2.15. The van der Waals surface area contributed by atoms with Crippen LogP contribution in [0, 0.1) is 18.6 Å². The summed E-state index contributed by atoms with van der Waals surface area (Å²) in [7, 11) is 1.72. The molecule has 1 aromatic heterocycles. The van der Waals surface area contributed by atoms with Gasteiger partial charge in [-0.15, -0.1) is 0 Å². The third kappa shape index (κ3) is 2.54. The van der Waals surface area contributed by atoms with Crippen LogP contribution in [0.3, 0.4) is 0 Å². The number of aromatic nitrogens is 2. The lowest BCUT2D eigenvalue weighted by molar-refractivity contribution is 0.505. The maximum atomic E-state index is 14.0. The molecule has 0 fully saturated rings. The lowest BCUT2D eigenvalue weighted by atomic mass is 10.1. The highest BCUT2D eigenvalue weighted by Crippen LogP contribution is 2.26. The average molecular weight is 263 g/mol. The van der Waals surface area contributed by atoms with Gasteiger partial charge in [0.1, 0.15) is 11.6 Å². The van der Waals surface area contributed by atoms with Crippen LogP contribution in [0.1, 0.15) is 18.3 Å². The molecule has 1 heterocycles. The SMILES string of the molecule is CCc1nc(NC)cc(-c2ccc(C)c(F)c2F)n1. The molecule has 0 amide bonds. The summed E-state index contributed by atoms with van der Waals surface area (Å²) >= 11 is 0. The molecular formula is C14H15F2N3. The van der Waals surface area contributed by atoms with E-state index in [0.29, 0.717) is 23.8 Å². The van der Waals surface area contributed by atoms with Crippen LogP contribution in [-0.2, 0) is 6.42 Å². The molecule has 0 unspecified atom stereocenters. The second kappa shape index (κ2) is 5.30. The molecular weight excluding hydrogens is 248 g/mol. The highest BCUT2D eigenvalue weighted by molar-refractivity contribution is 5.63. The van der Waals surface area contributed by atoms with Gasteiger partial charge in [0.25, 0.3) is 0 Å². The normalized spacial score (nSPS) is 10.6. The van der Waals surface area contributed by atoms with E-state index in [1.165, 1.54) is 13.0 Å². The van der Waals surface area contributed by atoms with Crippen molar-refractivity contribution in [1.82, 2.24) is 9.97 Å². The summed E-state index contributed by atoms with van der Waals surface area (Å²) in [6, 6.07) is 4.68. The predicted molar refractivity (Wildman–Crippen MR) is 71.0 cm³/mol. The minimum absolute atomic E-state index is 0.150. The van der Waals surface area contributed by atoms with Gasteiger partial charge in [0.2, 0.25) is 0 Å². The van der Waals surface area contributed by atoms with Crippen molar-refractivity contribution >= 4 is 5.82 Å². The Morgan fingerprint density at radius 1 is 1.16 bits per heavy atom. The molecule has 3 nitrogen and oxygen atoms in total.